The lowest BCUT2D eigenvalue weighted by Crippen LogP contribution is -2.23. The van der Waals surface area contributed by atoms with Gasteiger partial charge in [-0.25, -0.2) is 4.99 Å². The number of ether oxygens (including phenoxy) is 2. The second-order valence-corrected chi connectivity index (χ2v) is 7.13. The summed E-state index contributed by atoms with van der Waals surface area (Å²) in [5.41, 5.74) is 1.60. The molecule has 2 aromatic carbocycles. The molecule has 1 amide bonds. The Hall–Kier alpha value is -2.44. The molecule has 0 spiro atoms. The molecule has 0 radical (unpaired) electrons. The number of hydrogen-bond donors (Lipinski definition) is 0. The van der Waals surface area contributed by atoms with E-state index < -0.39 is 0 Å². The first-order chi connectivity index (χ1) is 13.0. The van der Waals surface area contributed by atoms with Gasteiger partial charge in [-0.05, 0) is 66.7 Å². The number of likely N-dealkylation sites (N-methyl/N-ethyl adjacent to an activating group) is 1. The van der Waals surface area contributed by atoms with E-state index in [4.69, 9.17) is 21.1 Å². The Labute approximate surface area is 167 Å². The third kappa shape index (κ3) is 4.46. The molecule has 0 N–H and O–H groups in total. The molecule has 140 valence electrons. The fraction of sp³-hybridized carbons (Fsp3) is 0.200. The maximum Gasteiger partial charge on any atom is 0.266 e. The standard InChI is InChI=1S/C20H19ClN2O3S/c1-4-26-16-10-5-13(11-17(16)25-3)12-18-19(24)23(2)20(27-18)22-15-8-6-14(21)7-9-15/h5-12H,4H2,1-3H3/b18-12+,22-20?. The molecule has 0 atom stereocenters. The lowest BCUT2D eigenvalue weighted by molar-refractivity contribution is -0.121. The van der Waals surface area contributed by atoms with Gasteiger partial charge in [0, 0.05) is 12.1 Å². The number of amidine groups is 1. The number of aliphatic imine (C=N–C) groups is 1. The van der Waals surface area contributed by atoms with E-state index in [2.05, 4.69) is 4.99 Å². The van der Waals surface area contributed by atoms with Crippen molar-refractivity contribution in [2.75, 3.05) is 20.8 Å². The molecule has 0 unspecified atom stereocenters. The van der Waals surface area contributed by atoms with Crippen LogP contribution in [0.3, 0.4) is 0 Å². The van der Waals surface area contributed by atoms with Gasteiger partial charge in [0.25, 0.3) is 5.91 Å². The van der Waals surface area contributed by atoms with Crippen LogP contribution in [0.15, 0.2) is 52.4 Å². The van der Waals surface area contributed by atoms with Crippen LogP contribution >= 0.6 is 23.4 Å². The van der Waals surface area contributed by atoms with E-state index in [1.807, 2.05) is 43.3 Å². The lowest BCUT2D eigenvalue weighted by Gasteiger charge is -2.09. The Balaban J connectivity index is 1.87. The molecular weight excluding hydrogens is 384 g/mol. The minimum Gasteiger partial charge on any atom is -0.493 e. The number of thioether (sulfide) groups is 1. The second kappa shape index (κ2) is 8.50. The van der Waals surface area contributed by atoms with Gasteiger partial charge in [-0.15, -0.1) is 0 Å². The maximum atomic E-state index is 12.6. The normalized spacial score (nSPS) is 17.0. The monoisotopic (exact) mass is 402 g/mol. The number of carbonyl (C=O) groups excluding carboxylic acids is 1. The fourth-order valence-electron chi connectivity index (χ4n) is 2.48. The topological polar surface area (TPSA) is 51.1 Å². The molecule has 0 aliphatic carbocycles. The van der Waals surface area contributed by atoms with Gasteiger partial charge in [0.15, 0.2) is 16.7 Å². The number of methoxy groups -OCH3 is 1. The lowest BCUT2D eigenvalue weighted by atomic mass is 10.2. The van der Waals surface area contributed by atoms with Crippen molar-refractivity contribution in [2.24, 2.45) is 4.99 Å². The number of amides is 1. The van der Waals surface area contributed by atoms with Gasteiger partial charge in [-0.1, -0.05) is 17.7 Å². The minimum atomic E-state index is -0.0967. The summed E-state index contributed by atoms with van der Waals surface area (Å²) in [6, 6.07) is 12.7. The summed E-state index contributed by atoms with van der Waals surface area (Å²) in [4.78, 5) is 19.2. The first-order valence-corrected chi connectivity index (χ1v) is 9.54. The van der Waals surface area contributed by atoms with Crippen LogP contribution in [0, 0.1) is 0 Å². The van der Waals surface area contributed by atoms with E-state index in [0.29, 0.717) is 33.2 Å². The van der Waals surface area contributed by atoms with Crippen molar-refractivity contribution < 1.29 is 14.3 Å². The van der Waals surface area contributed by atoms with E-state index in [9.17, 15) is 4.79 Å². The zero-order chi connectivity index (χ0) is 19.4. The van der Waals surface area contributed by atoms with Crippen LogP contribution in [-0.4, -0.2) is 36.7 Å². The van der Waals surface area contributed by atoms with Gasteiger partial charge in [-0.2, -0.15) is 0 Å². The van der Waals surface area contributed by atoms with Crippen molar-refractivity contribution in [3.8, 4) is 11.5 Å². The maximum absolute atomic E-state index is 12.6. The molecule has 1 aliphatic rings. The Bertz CT molecular complexity index is 910. The molecule has 1 fully saturated rings. The second-order valence-electron chi connectivity index (χ2n) is 5.69. The summed E-state index contributed by atoms with van der Waals surface area (Å²) in [6.45, 7) is 2.47. The first kappa shape index (κ1) is 19.3. The molecular formula is C20H19ClN2O3S. The molecule has 7 heteroatoms. The van der Waals surface area contributed by atoms with Crippen molar-refractivity contribution in [1.29, 1.82) is 0 Å². The highest BCUT2D eigenvalue weighted by molar-refractivity contribution is 8.18. The highest BCUT2D eigenvalue weighted by atomic mass is 35.5. The van der Waals surface area contributed by atoms with Gasteiger partial charge >= 0.3 is 0 Å². The summed E-state index contributed by atoms with van der Waals surface area (Å²) in [7, 11) is 3.30. The van der Waals surface area contributed by atoms with Crippen molar-refractivity contribution in [3.05, 3.63) is 58.0 Å². The summed E-state index contributed by atoms with van der Waals surface area (Å²) in [5.74, 6) is 1.21. The number of hydrogen-bond acceptors (Lipinski definition) is 5. The molecule has 5 nitrogen and oxygen atoms in total. The largest absolute Gasteiger partial charge is 0.493 e. The molecule has 1 heterocycles. The molecule has 1 aliphatic heterocycles. The van der Waals surface area contributed by atoms with Crippen LogP contribution < -0.4 is 9.47 Å². The van der Waals surface area contributed by atoms with Crippen LogP contribution in [0.4, 0.5) is 5.69 Å². The Morgan fingerprint density at radius 3 is 2.59 bits per heavy atom. The summed E-state index contributed by atoms with van der Waals surface area (Å²) < 4.78 is 10.9. The zero-order valence-corrected chi connectivity index (χ0v) is 16.8. The van der Waals surface area contributed by atoms with Crippen molar-refractivity contribution in [3.63, 3.8) is 0 Å². The summed E-state index contributed by atoms with van der Waals surface area (Å²) in [6.07, 6.45) is 1.83. The van der Waals surface area contributed by atoms with Crippen LogP contribution in [0.1, 0.15) is 12.5 Å². The third-order valence-corrected chi connectivity index (χ3v) is 5.15. The van der Waals surface area contributed by atoms with E-state index in [1.54, 1.807) is 26.3 Å². The summed E-state index contributed by atoms with van der Waals surface area (Å²) >= 11 is 7.23. The predicted octanol–water partition coefficient (Wildman–Crippen LogP) is 4.98. The average Bonchev–Trinajstić information content (AvgIpc) is 2.93. The first-order valence-electron chi connectivity index (χ1n) is 8.34. The van der Waals surface area contributed by atoms with Gasteiger partial charge in [0.1, 0.15) is 0 Å². The quantitative estimate of drug-likeness (QED) is 0.662. The molecule has 27 heavy (non-hydrogen) atoms. The minimum absolute atomic E-state index is 0.0967. The van der Waals surface area contributed by atoms with Gasteiger partial charge in [0.2, 0.25) is 0 Å². The highest BCUT2D eigenvalue weighted by Gasteiger charge is 2.30. The van der Waals surface area contributed by atoms with E-state index in [-0.39, 0.29) is 5.91 Å². The molecule has 0 bridgehead atoms. The van der Waals surface area contributed by atoms with Crippen LogP contribution in [0.5, 0.6) is 11.5 Å². The van der Waals surface area contributed by atoms with Gasteiger partial charge < -0.3 is 9.47 Å². The molecule has 3 rings (SSSR count). The highest BCUT2D eigenvalue weighted by Crippen LogP contribution is 2.35. The smallest absolute Gasteiger partial charge is 0.266 e. The van der Waals surface area contributed by atoms with E-state index >= 15 is 0 Å². The number of rotatable bonds is 5. The molecule has 0 saturated carbocycles. The zero-order valence-electron chi connectivity index (χ0n) is 15.2. The number of carbonyl (C=O) groups is 1. The van der Waals surface area contributed by atoms with Gasteiger partial charge in [-0.3, -0.25) is 9.69 Å². The van der Waals surface area contributed by atoms with Crippen molar-refractivity contribution in [2.45, 2.75) is 6.92 Å². The molecule has 2 aromatic rings. The average molecular weight is 403 g/mol. The summed E-state index contributed by atoms with van der Waals surface area (Å²) in [5, 5.41) is 1.26. The van der Waals surface area contributed by atoms with Crippen LogP contribution in [0.25, 0.3) is 6.08 Å². The number of benzene rings is 2. The number of nitrogens with zero attached hydrogens (tertiary/aromatic N) is 2. The molecule has 0 aromatic heterocycles. The van der Waals surface area contributed by atoms with Crippen LogP contribution in [0.2, 0.25) is 5.02 Å². The van der Waals surface area contributed by atoms with Crippen LogP contribution in [-0.2, 0) is 4.79 Å². The fourth-order valence-corrected chi connectivity index (χ4v) is 3.59. The Morgan fingerprint density at radius 2 is 1.93 bits per heavy atom. The van der Waals surface area contributed by atoms with Gasteiger partial charge in [0.05, 0.1) is 24.3 Å². The number of halogens is 1. The Morgan fingerprint density at radius 1 is 1.19 bits per heavy atom. The SMILES string of the molecule is CCOc1ccc(/C=C2/SC(=Nc3ccc(Cl)cc3)N(C)C2=O)cc1OC. The molecule has 1 saturated heterocycles. The van der Waals surface area contributed by atoms with Crippen molar-refractivity contribution >= 4 is 46.2 Å². The Kier molecular flexibility index (Phi) is 6.08. The van der Waals surface area contributed by atoms with E-state index in [0.717, 1.165) is 11.3 Å². The van der Waals surface area contributed by atoms with Crippen molar-refractivity contribution in [1.82, 2.24) is 4.90 Å². The third-order valence-electron chi connectivity index (χ3n) is 3.84. The predicted molar refractivity (Wildman–Crippen MR) is 111 cm³/mol. The van der Waals surface area contributed by atoms with E-state index in [1.165, 1.54) is 16.7 Å².